The van der Waals surface area contributed by atoms with Crippen molar-refractivity contribution < 1.29 is 17.9 Å². The maximum Gasteiger partial charge on any atom is 0.573 e. The van der Waals surface area contributed by atoms with Gasteiger partial charge in [-0.15, -0.1) is 13.2 Å². The molecular formula is C17H15F3N6O. The van der Waals surface area contributed by atoms with Gasteiger partial charge in [0.15, 0.2) is 11.6 Å². The lowest BCUT2D eigenvalue weighted by atomic mass is 10.3. The first-order valence-electron chi connectivity index (χ1n) is 7.73. The zero-order chi connectivity index (χ0) is 19.4. The highest BCUT2D eigenvalue weighted by atomic mass is 19.4. The number of nitrogens with zero attached hydrogens (tertiary/aromatic N) is 3. The van der Waals surface area contributed by atoms with Crippen molar-refractivity contribution in [3.8, 4) is 5.75 Å². The number of aryl methyl sites for hydroxylation is 1. The Morgan fingerprint density at radius 1 is 0.963 bits per heavy atom. The third kappa shape index (κ3) is 4.97. The van der Waals surface area contributed by atoms with E-state index in [1.54, 1.807) is 6.20 Å². The number of anilines is 5. The molecule has 140 valence electrons. The number of aromatic nitrogens is 3. The van der Waals surface area contributed by atoms with Gasteiger partial charge in [0.05, 0.1) is 0 Å². The Bertz CT molecular complexity index is 931. The third-order valence-electron chi connectivity index (χ3n) is 3.40. The van der Waals surface area contributed by atoms with Crippen LogP contribution in [0.1, 0.15) is 5.56 Å². The maximum atomic E-state index is 12.2. The maximum absolute atomic E-state index is 12.2. The third-order valence-corrected chi connectivity index (χ3v) is 3.40. The van der Waals surface area contributed by atoms with E-state index < -0.39 is 6.36 Å². The minimum absolute atomic E-state index is 0.233. The number of hydrogen-bond donors (Lipinski definition) is 3. The van der Waals surface area contributed by atoms with E-state index in [0.717, 1.165) is 5.56 Å². The number of alkyl halides is 3. The van der Waals surface area contributed by atoms with Gasteiger partial charge in [0, 0.05) is 11.9 Å². The highest BCUT2D eigenvalue weighted by molar-refractivity contribution is 5.79. The van der Waals surface area contributed by atoms with Crippen LogP contribution in [0.15, 0.2) is 48.9 Å². The molecular weight excluding hydrogens is 361 g/mol. The monoisotopic (exact) mass is 376 g/mol. The molecule has 0 atom stereocenters. The van der Waals surface area contributed by atoms with E-state index in [2.05, 4.69) is 30.3 Å². The first-order valence-corrected chi connectivity index (χ1v) is 7.73. The number of rotatable bonds is 5. The number of pyridine rings is 1. The SMILES string of the molecule is Cc1ccnc(Nc2ncnc(Nc3ccc(OC(F)(F)F)cc3)c2N)c1. The molecule has 3 aromatic rings. The van der Waals surface area contributed by atoms with Crippen molar-refractivity contribution in [2.24, 2.45) is 0 Å². The van der Waals surface area contributed by atoms with Crippen LogP contribution in [0.25, 0.3) is 0 Å². The molecule has 0 aliphatic heterocycles. The molecule has 0 bridgehead atoms. The number of halogens is 3. The predicted octanol–water partition coefficient (Wildman–Crippen LogP) is 4.15. The molecule has 1 aromatic carbocycles. The van der Waals surface area contributed by atoms with Crippen LogP contribution in [0.4, 0.5) is 42.0 Å². The molecule has 0 unspecified atom stereocenters. The topological polar surface area (TPSA) is 98.0 Å². The van der Waals surface area contributed by atoms with Gasteiger partial charge in [-0.25, -0.2) is 15.0 Å². The normalized spacial score (nSPS) is 11.1. The molecule has 0 radical (unpaired) electrons. The Kier molecular flexibility index (Phi) is 4.97. The molecule has 0 amide bonds. The Balaban J connectivity index is 1.76. The molecule has 3 rings (SSSR count). The summed E-state index contributed by atoms with van der Waals surface area (Å²) in [7, 11) is 0. The molecule has 2 heterocycles. The minimum atomic E-state index is -4.74. The molecule has 7 nitrogen and oxygen atoms in total. The van der Waals surface area contributed by atoms with Crippen molar-refractivity contribution in [1.29, 1.82) is 0 Å². The van der Waals surface area contributed by atoms with Gasteiger partial charge in [0.25, 0.3) is 0 Å². The molecule has 0 aliphatic carbocycles. The average Bonchev–Trinajstić information content (AvgIpc) is 2.59. The second-order valence-electron chi connectivity index (χ2n) is 5.53. The Morgan fingerprint density at radius 2 is 1.63 bits per heavy atom. The summed E-state index contributed by atoms with van der Waals surface area (Å²) < 4.78 is 40.5. The first kappa shape index (κ1) is 18.2. The molecule has 10 heteroatoms. The Labute approximate surface area is 152 Å². The van der Waals surface area contributed by atoms with Crippen LogP contribution in [-0.2, 0) is 0 Å². The van der Waals surface area contributed by atoms with Gasteiger partial charge in [-0.05, 0) is 48.9 Å². The summed E-state index contributed by atoms with van der Waals surface area (Å²) in [5.74, 6) is 0.892. The lowest BCUT2D eigenvalue weighted by molar-refractivity contribution is -0.274. The minimum Gasteiger partial charge on any atom is -0.406 e. The van der Waals surface area contributed by atoms with Crippen LogP contribution < -0.4 is 21.1 Å². The smallest absolute Gasteiger partial charge is 0.406 e. The predicted molar refractivity (Wildman–Crippen MR) is 95.1 cm³/mol. The number of hydrogen-bond acceptors (Lipinski definition) is 7. The molecule has 0 fully saturated rings. The number of benzene rings is 1. The fourth-order valence-electron chi connectivity index (χ4n) is 2.20. The largest absolute Gasteiger partial charge is 0.573 e. The zero-order valence-electron chi connectivity index (χ0n) is 14.1. The summed E-state index contributed by atoms with van der Waals surface area (Å²) in [5, 5.41) is 5.93. The summed E-state index contributed by atoms with van der Waals surface area (Å²) in [5.41, 5.74) is 7.81. The standard InChI is InChI=1S/C17H15F3N6O/c1-10-6-7-22-13(8-10)26-16-14(21)15(23-9-24-16)25-11-2-4-12(5-3-11)27-17(18,19)20/h2-9H,21H2,1H3,(H2,22,23,24,25,26). The molecule has 27 heavy (non-hydrogen) atoms. The highest BCUT2D eigenvalue weighted by Crippen LogP contribution is 2.29. The highest BCUT2D eigenvalue weighted by Gasteiger charge is 2.30. The lowest BCUT2D eigenvalue weighted by Crippen LogP contribution is -2.17. The van der Waals surface area contributed by atoms with Gasteiger partial charge in [-0.3, -0.25) is 0 Å². The Morgan fingerprint density at radius 3 is 2.26 bits per heavy atom. The van der Waals surface area contributed by atoms with Crippen LogP contribution >= 0.6 is 0 Å². The van der Waals surface area contributed by atoms with Crippen molar-refractivity contribution in [3.05, 3.63) is 54.5 Å². The second-order valence-corrected chi connectivity index (χ2v) is 5.53. The Hall–Kier alpha value is -3.56. The molecule has 2 aromatic heterocycles. The van der Waals surface area contributed by atoms with E-state index in [4.69, 9.17) is 5.73 Å². The van der Waals surface area contributed by atoms with Gasteiger partial charge in [0.1, 0.15) is 23.6 Å². The molecule has 0 spiro atoms. The van der Waals surface area contributed by atoms with E-state index >= 15 is 0 Å². The zero-order valence-corrected chi connectivity index (χ0v) is 14.1. The average molecular weight is 376 g/mol. The summed E-state index contributed by atoms with van der Waals surface area (Å²) in [6.45, 7) is 1.93. The van der Waals surface area contributed by atoms with E-state index in [-0.39, 0.29) is 11.4 Å². The molecule has 4 N–H and O–H groups in total. The number of nitrogens with two attached hydrogens (primary N) is 1. The second kappa shape index (κ2) is 7.36. The molecule has 0 saturated carbocycles. The molecule has 0 aliphatic rings. The van der Waals surface area contributed by atoms with Crippen molar-refractivity contribution in [2.45, 2.75) is 13.3 Å². The van der Waals surface area contributed by atoms with Crippen LogP contribution in [0.3, 0.4) is 0 Å². The van der Waals surface area contributed by atoms with Gasteiger partial charge in [-0.2, -0.15) is 0 Å². The first-order chi connectivity index (χ1) is 12.8. The lowest BCUT2D eigenvalue weighted by Gasteiger charge is -2.13. The van der Waals surface area contributed by atoms with Crippen LogP contribution in [0, 0.1) is 6.92 Å². The summed E-state index contributed by atoms with van der Waals surface area (Å²) >= 11 is 0. The van der Waals surface area contributed by atoms with Gasteiger partial charge < -0.3 is 21.1 Å². The number of nitrogen functional groups attached to an aromatic ring is 1. The van der Waals surface area contributed by atoms with E-state index in [0.29, 0.717) is 23.1 Å². The van der Waals surface area contributed by atoms with Crippen LogP contribution in [0.5, 0.6) is 5.75 Å². The van der Waals surface area contributed by atoms with Gasteiger partial charge in [0.2, 0.25) is 0 Å². The van der Waals surface area contributed by atoms with Crippen LogP contribution in [-0.4, -0.2) is 21.3 Å². The van der Waals surface area contributed by atoms with Crippen molar-refractivity contribution in [1.82, 2.24) is 15.0 Å². The van der Waals surface area contributed by atoms with E-state index in [1.165, 1.54) is 30.6 Å². The van der Waals surface area contributed by atoms with Crippen molar-refractivity contribution in [3.63, 3.8) is 0 Å². The summed E-state index contributed by atoms with van der Waals surface area (Å²) in [6, 6.07) is 8.88. The van der Waals surface area contributed by atoms with Gasteiger partial charge in [-0.1, -0.05) is 0 Å². The van der Waals surface area contributed by atoms with Crippen LogP contribution in [0.2, 0.25) is 0 Å². The molecule has 0 saturated heterocycles. The number of ether oxygens (including phenoxy) is 1. The quantitative estimate of drug-likeness (QED) is 0.615. The van der Waals surface area contributed by atoms with E-state index in [9.17, 15) is 13.2 Å². The van der Waals surface area contributed by atoms with E-state index in [1.807, 2.05) is 19.1 Å². The summed E-state index contributed by atoms with van der Waals surface area (Å²) in [6.07, 6.45) is -1.78. The van der Waals surface area contributed by atoms with Gasteiger partial charge >= 0.3 is 6.36 Å². The summed E-state index contributed by atoms with van der Waals surface area (Å²) in [4.78, 5) is 12.3. The number of nitrogens with one attached hydrogen (secondary N) is 2. The fourth-order valence-corrected chi connectivity index (χ4v) is 2.20. The fraction of sp³-hybridized carbons (Fsp3) is 0.118. The van der Waals surface area contributed by atoms with Crippen molar-refractivity contribution >= 4 is 28.8 Å². The van der Waals surface area contributed by atoms with Crippen molar-refractivity contribution in [2.75, 3.05) is 16.4 Å².